The second-order valence-electron chi connectivity index (χ2n) is 5.01. The Morgan fingerprint density at radius 2 is 2.00 bits per heavy atom. The molecule has 0 aliphatic heterocycles. The van der Waals surface area contributed by atoms with Crippen molar-refractivity contribution in [3.63, 3.8) is 0 Å². The van der Waals surface area contributed by atoms with Gasteiger partial charge in [0.25, 0.3) is 0 Å². The molecule has 0 saturated heterocycles. The van der Waals surface area contributed by atoms with E-state index in [1.165, 1.54) is 5.56 Å². The highest BCUT2D eigenvalue weighted by Crippen LogP contribution is 2.29. The standard InChI is InChI=1S/C17H18ClN3/c1-2-21-16-8-7-13(18)11-15(16)20-17(21)14-6-4-3-5-12(14)9-10-19/h3-8,11H,2,9-10,19H2,1H3. The van der Waals surface area contributed by atoms with E-state index in [9.17, 15) is 0 Å². The number of aromatic nitrogens is 2. The van der Waals surface area contributed by atoms with Crippen molar-refractivity contribution in [2.75, 3.05) is 6.54 Å². The fourth-order valence-corrected chi connectivity index (χ4v) is 2.91. The third-order valence-corrected chi connectivity index (χ3v) is 3.93. The van der Waals surface area contributed by atoms with E-state index in [4.69, 9.17) is 22.3 Å². The van der Waals surface area contributed by atoms with Crippen LogP contribution in [0.15, 0.2) is 42.5 Å². The first-order chi connectivity index (χ1) is 10.2. The Hall–Kier alpha value is -1.84. The number of hydrogen-bond donors (Lipinski definition) is 1. The summed E-state index contributed by atoms with van der Waals surface area (Å²) in [4.78, 5) is 4.80. The lowest BCUT2D eigenvalue weighted by molar-refractivity contribution is 0.794. The third kappa shape index (κ3) is 2.55. The summed E-state index contributed by atoms with van der Waals surface area (Å²) in [5, 5.41) is 0.713. The topological polar surface area (TPSA) is 43.8 Å². The molecule has 0 radical (unpaired) electrons. The Morgan fingerprint density at radius 3 is 2.76 bits per heavy atom. The largest absolute Gasteiger partial charge is 0.330 e. The molecule has 4 heteroatoms. The van der Waals surface area contributed by atoms with Crippen LogP contribution < -0.4 is 5.73 Å². The first-order valence-corrected chi connectivity index (χ1v) is 7.56. The number of halogens is 1. The molecule has 21 heavy (non-hydrogen) atoms. The number of fused-ring (bicyclic) bond motifs is 1. The number of hydrogen-bond acceptors (Lipinski definition) is 2. The molecule has 0 amide bonds. The summed E-state index contributed by atoms with van der Waals surface area (Å²) in [7, 11) is 0. The third-order valence-electron chi connectivity index (χ3n) is 3.70. The fourth-order valence-electron chi connectivity index (χ4n) is 2.74. The van der Waals surface area contributed by atoms with Gasteiger partial charge in [0, 0.05) is 17.1 Å². The lowest BCUT2D eigenvalue weighted by Crippen LogP contribution is -2.05. The van der Waals surface area contributed by atoms with Gasteiger partial charge in [-0.05, 0) is 43.7 Å². The number of nitrogens with two attached hydrogens (primary N) is 1. The van der Waals surface area contributed by atoms with Gasteiger partial charge in [-0.2, -0.15) is 0 Å². The number of imidazole rings is 1. The van der Waals surface area contributed by atoms with Crippen LogP contribution in [0, 0.1) is 0 Å². The van der Waals surface area contributed by atoms with Gasteiger partial charge in [0.2, 0.25) is 0 Å². The summed E-state index contributed by atoms with van der Waals surface area (Å²) in [6, 6.07) is 14.2. The smallest absolute Gasteiger partial charge is 0.141 e. The zero-order valence-corrected chi connectivity index (χ0v) is 12.8. The second kappa shape index (κ2) is 5.88. The van der Waals surface area contributed by atoms with Gasteiger partial charge in [-0.25, -0.2) is 4.98 Å². The normalized spacial score (nSPS) is 11.2. The predicted molar refractivity (Wildman–Crippen MR) is 88.6 cm³/mol. The zero-order valence-electron chi connectivity index (χ0n) is 12.0. The quantitative estimate of drug-likeness (QED) is 0.794. The summed E-state index contributed by atoms with van der Waals surface area (Å²) in [6.07, 6.45) is 0.851. The summed E-state index contributed by atoms with van der Waals surface area (Å²) in [5.74, 6) is 0.985. The van der Waals surface area contributed by atoms with Gasteiger partial charge in [-0.3, -0.25) is 0 Å². The van der Waals surface area contributed by atoms with Crippen LogP contribution in [0.2, 0.25) is 5.02 Å². The summed E-state index contributed by atoms with van der Waals surface area (Å²) in [6.45, 7) is 3.63. The van der Waals surface area contributed by atoms with Crippen LogP contribution in [0.1, 0.15) is 12.5 Å². The van der Waals surface area contributed by atoms with Gasteiger partial charge in [-0.15, -0.1) is 0 Å². The van der Waals surface area contributed by atoms with Crippen LogP contribution in [0.4, 0.5) is 0 Å². The maximum absolute atomic E-state index is 6.08. The van der Waals surface area contributed by atoms with Gasteiger partial charge in [0.05, 0.1) is 11.0 Å². The lowest BCUT2D eigenvalue weighted by atomic mass is 10.0. The molecule has 2 aromatic carbocycles. The number of aryl methyl sites for hydroxylation is 1. The maximum atomic E-state index is 6.08. The van der Waals surface area contributed by atoms with Crippen LogP contribution in [0.5, 0.6) is 0 Å². The van der Waals surface area contributed by atoms with Crippen molar-refractivity contribution < 1.29 is 0 Å². The summed E-state index contributed by atoms with van der Waals surface area (Å²) >= 11 is 6.08. The van der Waals surface area contributed by atoms with Crippen molar-refractivity contribution in [1.82, 2.24) is 9.55 Å². The first kappa shape index (κ1) is 14.1. The molecule has 3 nitrogen and oxygen atoms in total. The number of nitrogens with zero attached hydrogens (tertiary/aromatic N) is 2. The molecule has 3 rings (SSSR count). The van der Waals surface area contributed by atoms with Crippen LogP contribution in [0.3, 0.4) is 0 Å². The van der Waals surface area contributed by atoms with E-state index in [2.05, 4.69) is 23.6 Å². The molecular weight excluding hydrogens is 282 g/mol. The molecule has 0 atom stereocenters. The van der Waals surface area contributed by atoms with Gasteiger partial charge < -0.3 is 10.3 Å². The van der Waals surface area contributed by atoms with E-state index in [0.717, 1.165) is 35.4 Å². The highest BCUT2D eigenvalue weighted by Gasteiger charge is 2.14. The van der Waals surface area contributed by atoms with Crippen LogP contribution >= 0.6 is 11.6 Å². The summed E-state index contributed by atoms with van der Waals surface area (Å²) in [5.41, 5.74) is 10.2. The molecule has 108 valence electrons. The van der Waals surface area contributed by atoms with E-state index in [0.29, 0.717) is 11.6 Å². The Kier molecular flexibility index (Phi) is 3.95. The molecule has 1 heterocycles. The van der Waals surface area contributed by atoms with Gasteiger partial charge in [-0.1, -0.05) is 35.9 Å². The maximum Gasteiger partial charge on any atom is 0.141 e. The van der Waals surface area contributed by atoms with Crippen LogP contribution in [-0.4, -0.2) is 16.1 Å². The monoisotopic (exact) mass is 299 g/mol. The second-order valence-corrected chi connectivity index (χ2v) is 5.44. The van der Waals surface area contributed by atoms with E-state index in [1.54, 1.807) is 0 Å². The molecule has 3 aromatic rings. The molecule has 0 spiro atoms. The van der Waals surface area contributed by atoms with Gasteiger partial charge >= 0.3 is 0 Å². The minimum Gasteiger partial charge on any atom is -0.330 e. The van der Waals surface area contributed by atoms with Crippen molar-refractivity contribution >= 4 is 22.6 Å². The molecule has 1 aromatic heterocycles. The molecule has 0 unspecified atom stereocenters. The number of rotatable bonds is 4. The fraction of sp³-hybridized carbons (Fsp3) is 0.235. The van der Waals surface area contributed by atoms with Crippen molar-refractivity contribution in [2.45, 2.75) is 19.9 Å². The van der Waals surface area contributed by atoms with Crippen molar-refractivity contribution in [3.8, 4) is 11.4 Å². The zero-order chi connectivity index (χ0) is 14.8. The Bertz CT molecular complexity index is 777. The Morgan fingerprint density at radius 1 is 1.19 bits per heavy atom. The van der Waals surface area contributed by atoms with E-state index < -0.39 is 0 Å². The molecule has 0 fully saturated rings. The summed E-state index contributed by atoms with van der Waals surface area (Å²) < 4.78 is 2.22. The SMILES string of the molecule is CCn1c(-c2ccccc2CCN)nc2cc(Cl)ccc21. The first-order valence-electron chi connectivity index (χ1n) is 7.18. The van der Waals surface area contributed by atoms with Gasteiger partial charge in [0.1, 0.15) is 5.82 Å². The van der Waals surface area contributed by atoms with E-state index in [1.807, 2.05) is 30.3 Å². The highest BCUT2D eigenvalue weighted by molar-refractivity contribution is 6.31. The van der Waals surface area contributed by atoms with Crippen molar-refractivity contribution in [3.05, 3.63) is 53.1 Å². The molecule has 0 bridgehead atoms. The van der Waals surface area contributed by atoms with Crippen LogP contribution in [-0.2, 0) is 13.0 Å². The minimum atomic E-state index is 0.634. The molecule has 0 aliphatic rings. The molecular formula is C17H18ClN3. The van der Waals surface area contributed by atoms with Crippen molar-refractivity contribution in [2.24, 2.45) is 5.73 Å². The molecule has 0 aliphatic carbocycles. The average molecular weight is 300 g/mol. The predicted octanol–water partition coefficient (Wildman–Crippen LogP) is 3.88. The Balaban J connectivity index is 2.25. The van der Waals surface area contributed by atoms with Gasteiger partial charge in [0.15, 0.2) is 0 Å². The minimum absolute atomic E-state index is 0.634. The van der Waals surface area contributed by atoms with Crippen LogP contribution in [0.25, 0.3) is 22.4 Å². The lowest BCUT2D eigenvalue weighted by Gasteiger charge is -2.10. The molecule has 0 saturated carbocycles. The average Bonchev–Trinajstić information content (AvgIpc) is 2.85. The van der Waals surface area contributed by atoms with E-state index >= 15 is 0 Å². The van der Waals surface area contributed by atoms with E-state index in [-0.39, 0.29) is 0 Å². The Labute approximate surface area is 129 Å². The highest BCUT2D eigenvalue weighted by atomic mass is 35.5. The molecule has 2 N–H and O–H groups in total. The number of benzene rings is 2. The van der Waals surface area contributed by atoms with Crippen molar-refractivity contribution in [1.29, 1.82) is 0 Å².